The van der Waals surface area contributed by atoms with E-state index in [0.717, 1.165) is 62.3 Å². The molecule has 1 saturated heterocycles. The van der Waals surface area contributed by atoms with Gasteiger partial charge in [0.2, 0.25) is 0 Å². The molecule has 9 heteroatoms. The molecule has 1 amide bonds. The Labute approximate surface area is 218 Å². The number of anilines is 2. The van der Waals surface area contributed by atoms with Crippen LogP contribution in [-0.2, 0) is 20.3 Å². The molecule has 3 fully saturated rings. The second-order valence-corrected chi connectivity index (χ2v) is 11.8. The standard InChI is InChI=1S/C28H30N4O4S/c33-27(36-22-5-2-1-3-6-22)29-21-9-7-20(8-10-21)26-30-24(19-25(31-26)32-15-17-35-18-16-32)28(13-4-14-28)37(34)23-11-12-23/h1-3,5-10,19,23H,4,11-18H2,(H,29,33). The number of nitrogens with one attached hydrogen (secondary N) is 1. The number of para-hydroxylation sites is 1. The lowest BCUT2D eigenvalue weighted by Gasteiger charge is -2.41. The Morgan fingerprint density at radius 1 is 1.03 bits per heavy atom. The van der Waals surface area contributed by atoms with Gasteiger partial charge in [-0.2, -0.15) is 0 Å². The van der Waals surface area contributed by atoms with Crippen LogP contribution in [-0.4, -0.2) is 51.8 Å². The Morgan fingerprint density at radius 3 is 2.41 bits per heavy atom. The number of carbonyl (C=O) groups is 1. The number of ether oxygens (including phenoxy) is 2. The smallest absolute Gasteiger partial charge is 0.410 e. The Balaban J connectivity index is 1.27. The molecule has 0 spiro atoms. The van der Waals surface area contributed by atoms with E-state index in [0.29, 0.717) is 35.7 Å². The van der Waals surface area contributed by atoms with Gasteiger partial charge in [0.1, 0.15) is 11.6 Å². The van der Waals surface area contributed by atoms with E-state index in [9.17, 15) is 9.00 Å². The zero-order chi connectivity index (χ0) is 25.2. The van der Waals surface area contributed by atoms with Crippen molar-refractivity contribution in [3.8, 4) is 17.1 Å². The molecule has 3 aromatic rings. The molecule has 2 saturated carbocycles. The first-order valence-electron chi connectivity index (χ1n) is 12.9. The molecule has 2 aromatic carbocycles. The summed E-state index contributed by atoms with van der Waals surface area (Å²) in [6.07, 6.45) is 4.42. The summed E-state index contributed by atoms with van der Waals surface area (Å²) in [6.45, 7) is 2.85. The average molecular weight is 519 g/mol. The van der Waals surface area contributed by atoms with Gasteiger partial charge in [-0.25, -0.2) is 14.8 Å². The number of nitrogens with zero attached hydrogens (tertiary/aromatic N) is 3. The van der Waals surface area contributed by atoms with E-state index in [1.54, 1.807) is 12.1 Å². The molecule has 3 aliphatic rings. The third-order valence-corrected chi connectivity index (χ3v) is 9.70. The van der Waals surface area contributed by atoms with Crippen molar-refractivity contribution in [3.63, 3.8) is 0 Å². The number of hydrogen-bond donors (Lipinski definition) is 1. The van der Waals surface area contributed by atoms with Gasteiger partial charge in [-0.15, -0.1) is 0 Å². The number of benzene rings is 2. The van der Waals surface area contributed by atoms with Crippen molar-refractivity contribution in [1.82, 2.24) is 9.97 Å². The maximum Gasteiger partial charge on any atom is 0.417 e. The van der Waals surface area contributed by atoms with Crippen molar-refractivity contribution in [3.05, 3.63) is 66.4 Å². The molecule has 37 heavy (non-hydrogen) atoms. The van der Waals surface area contributed by atoms with Crippen molar-refractivity contribution in [1.29, 1.82) is 0 Å². The molecule has 8 nitrogen and oxygen atoms in total. The molecule has 2 heterocycles. The first-order valence-corrected chi connectivity index (χ1v) is 14.1. The fourth-order valence-corrected chi connectivity index (χ4v) is 7.06. The molecule has 0 radical (unpaired) electrons. The molecule has 1 atom stereocenters. The van der Waals surface area contributed by atoms with E-state index in [4.69, 9.17) is 19.4 Å². The highest BCUT2D eigenvalue weighted by atomic mass is 32.2. The van der Waals surface area contributed by atoms with E-state index < -0.39 is 16.9 Å². The number of aromatic nitrogens is 2. The summed E-state index contributed by atoms with van der Waals surface area (Å²) < 4.78 is 24.0. The van der Waals surface area contributed by atoms with Gasteiger partial charge in [0.25, 0.3) is 0 Å². The van der Waals surface area contributed by atoms with Crippen LogP contribution in [0.3, 0.4) is 0 Å². The van der Waals surface area contributed by atoms with Crippen LogP contribution in [0.25, 0.3) is 11.4 Å². The monoisotopic (exact) mass is 518 g/mol. The Bertz CT molecular complexity index is 1290. The van der Waals surface area contributed by atoms with Crippen LogP contribution in [0.4, 0.5) is 16.3 Å². The van der Waals surface area contributed by atoms with E-state index in [2.05, 4.69) is 16.3 Å². The maximum atomic E-state index is 13.5. The number of amides is 1. The van der Waals surface area contributed by atoms with Crippen LogP contribution in [0.1, 0.15) is 37.8 Å². The van der Waals surface area contributed by atoms with Crippen molar-refractivity contribution in [2.24, 2.45) is 0 Å². The van der Waals surface area contributed by atoms with Crippen molar-refractivity contribution in [2.75, 3.05) is 36.5 Å². The summed E-state index contributed by atoms with van der Waals surface area (Å²) in [6, 6.07) is 18.4. The van der Waals surface area contributed by atoms with Crippen LogP contribution in [0.5, 0.6) is 5.75 Å². The molecular formula is C28H30N4O4S. The molecule has 1 aromatic heterocycles. The topological polar surface area (TPSA) is 93.7 Å². The first kappa shape index (κ1) is 24.1. The second-order valence-electron chi connectivity index (χ2n) is 9.78. The molecule has 6 rings (SSSR count). The lowest BCUT2D eigenvalue weighted by Crippen LogP contribution is -2.42. The zero-order valence-corrected chi connectivity index (χ0v) is 21.4. The molecule has 0 bridgehead atoms. The van der Waals surface area contributed by atoms with Crippen LogP contribution in [0, 0.1) is 0 Å². The Hall–Kier alpha value is -3.30. The van der Waals surface area contributed by atoms with Gasteiger partial charge >= 0.3 is 6.09 Å². The lowest BCUT2D eigenvalue weighted by atomic mass is 9.81. The molecule has 2 aliphatic carbocycles. The Morgan fingerprint density at radius 2 is 1.76 bits per heavy atom. The molecule has 1 aliphatic heterocycles. The van der Waals surface area contributed by atoms with Crippen molar-refractivity contribution < 1.29 is 18.5 Å². The van der Waals surface area contributed by atoms with E-state index >= 15 is 0 Å². The summed E-state index contributed by atoms with van der Waals surface area (Å²) in [7, 11) is -0.928. The highest BCUT2D eigenvalue weighted by Gasteiger charge is 2.51. The van der Waals surface area contributed by atoms with Gasteiger partial charge in [-0.1, -0.05) is 18.2 Å². The third kappa shape index (κ3) is 5.10. The van der Waals surface area contributed by atoms with Crippen molar-refractivity contribution in [2.45, 2.75) is 42.1 Å². The number of hydrogen-bond acceptors (Lipinski definition) is 7. The van der Waals surface area contributed by atoms with E-state index in [1.807, 2.05) is 42.5 Å². The predicted molar refractivity (Wildman–Crippen MR) is 143 cm³/mol. The lowest BCUT2D eigenvalue weighted by molar-refractivity contribution is 0.122. The summed E-state index contributed by atoms with van der Waals surface area (Å²) >= 11 is 0. The summed E-state index contributed by atoms with van der Waals surface area (Å²) in [5.41, 5.74) is 2.34. The summed E-state index contributed by atoms with van der Waals surface area (Å²) in [5.74, 6) is 1.94. The van der Waals surface area contributed by atoms with Crippen LogP contribution in [0.2, 0.25) is 0 Å². The van der Waals surface area contributed by atoms with Crippen LogP contribution in [0.15, 0.2) is 60.7 Å². The minimum Gasteiger partial charge on any atom is -0.410 e. The average Bonchev–Trinajstić information content (AvgIpc) is 3.75. The van der Waals surface area contributed by atoms with Gasteiger partial charge < -0.3 is 14.4 Å². The largest absolute Gasteiger partial charge is 0.417 e. The highest BCUT2D eigenvalue weighted by Crippen LogP contribution is 2.51. The van der Waals surface area contributed by atoms with E-state index in [-0.39, 0.29) is 4.75 Å². The maximum absolute atomic E-state index is 13.5. The highest BCUT2D eigenvalue weighted by molar-refractivity contribution is 7.87. The minimum atomic E-state index is -0.928. The van der Waals surface area contributed by atoms with Gasteiger partial charge in [0.15, 0.2) is 5.82 Å². The zero-order valence-electron chi connectivity index (χ0n) is 20.6. The van der Waals surface area contributed by atoms with Crippen LogP contribution >= 0.6 is 0 Å². The fourth-order valence-electron chi connectivity index (χ4n) is 4.85. The SMILES string of the molecule is O=C(Nc1ccc(-c2nc(N3CCOCC3)cc(C3(S(=O)C4CC4)CCC3)n2)cc1)Oc1ccccc1. The predicted octanol–water partition coefficient (Wildman–Crippen LogP) is 4.88. The number of morpholine rings is 1. The fraction of sp³-hybridized carbons (Fsp3) is 0.393. The molecule has 1 unspecified atom stereocenters. The van der Waals surface area contributed by atoms with Crippen LogP contribution < -0.4 is 15.0 Å². The molecule has 192 valence electrons. The summed E-state index contributed by atoms with van der Waals surface area (Å²) in [4.78, 5) is 24.4. The van der Waals surface area contributed by atoms with Gasteiger partial charge in [0, 0.05) is 46.5 Å². The third-order valence-electron chi connectivity index (χ3n) is 7.23. The van der Waals surface area contributed by atoms with E-state index in [1.165, 1.54) is 0 Å². The number of carbonyl (C=O) groups excluding carboxylic acids is 1. The normalized spacial score (nSPS) is 19.5. The van der Waals surface area contributed by atoms with Gasteiger partial charge in [-0.3, -0.25) is 9.53 Å². The molecular weight excluding hydrogens is 488 g/mol. The van der Waals surface area contributed by atoms with Gasteiger partial charge in [0.05, 0.1) is 23.7 Å². The first-order chi connectivity index (χ1) is 18.1. The number of rotatable bonds is 7. The van der Waals surface area contributed by atoms with Crippen molar-refractivity contribution >= 4 is 28.4 Å². The summed E-state index contributed by atoms with van der Waals surface area (Å²) in [5, 5.41) is 3.05. The Kier molecular flexibility index (Phi) is 6.65. The molecule has 1 N–H and O–H groups in total. The van der Waals surface area contributed by atoms with Gasteiger partial charge in [-0.05, 0) is 68.5 Å². The minimum absolute atomic E-state index is 0.298. The second kappa shape index (κ2) is 10.2. The quantitative estimate of drug-likeness (QED) is 0.476.